The maximum atomic E-state index is 10.2. The van der Waals surface area contributed by atoms with E-state index in [-0.39, 0.29) is 0 Å². The van der Waals surface area contributed by atoms with E-state index in [4.69, 9.17) is 0 Å². The van der Waals surface area contributed by atoms with E-state index >= 15 is 0 Å². The van der Waals surface area contributed by atoms with Gasteiger partial charge in [-0.2, -0.15) is 0 Å². The van der Waals surface area contributed by atoms with Gasteiger partial charge in [0, 0.05) is 16.9 Å². The second-order valence-electron chi connectivity index (χ2n) is 4.53. The van der Waals surface area contributed by atoms with Gasteiger partial charge in [0.1, 0.15) is 0 Å². The van der Waals surface area contributed by atoms with Gasteiger partial charge in [-0.05, 0) is 34.5 Å². The summed E-state index contributed by atoms with van der Waals surface area (Å²) < 4.78 is 2.93. The Labute approximate surface area is 119 Å². The third-order valence-electron chi connectivity index (χ3n) is 3.15. The zero-order chi connectivity index (χ0) is 13.2. The zero-order valence-corrected chi connectivity index (χ0v) is 11.8. The van der Waals surface area contributed by atoms with Crippen molar-refractivity contribution in [1.82, 2.24) is 9.55 Å². The summed E-state index contributed by atoms with van der Waals surface area (Å²) >= 11 is 3.46. The molecule has 3 nitrogen and oxygen atoms in total. The number of aliphatic hydroxyl groups is 1. The number of aromatic nitrogens is 2. The summed E-state index contributed by atoms with van der Waals surface area (Å²) in [4.78, 5) is 3.98. The van der Waals surface area contributed by atoms with Gasteiger partial charge in [0.25, 0.3) is 0 Å². The first kappa shape index (κ1) is 12.4. The van der Waals surface area contributed by atoms with Crippen LogP contribution in [0, 0.1) is 0 Å². The summed E-state index contributed by atoms with van der Waals surface area (Å²) in [5.41, 5.74) is 0.920. The minimum Gasteiger partial charge on any atom is -0.387 e. The lowest BCUT2D eigenvalue weighted by atomic mass is 10.0. The van der Waals surface area contributed by atoms with Gasteiger partial charge in [-0.25, -0.2) is 4.98 Å². The van der Waals surface area contributed by atoms with Crippen LogP contribution in [0.15, 0.2) is 59.6 Å². The summed E-state index contributed by atoms with van der Waals surface area (Å²) in [5.74, 6) is 0. The number of aliphatic hydroxyl groups excluding tert-OH is 1. The molecule has 1 heterocycles. The van der Waals surface area contributed by atoms with Gasteiger partial charge >= 0.3 is 0 Å². The Hall–Kier alpha value is -1.65. The molecule has 0 saturated heterocycles. The molecule has 1 N–H and O–H groups in total. The molecule has 96 valence electrons. The minimum atomic E-state index is -0.526. The Morgan fingerprint density at radius 1 is 1.16 bits per heavy atom. The predicted molar refractivity (Wildman–Crippen MR) is 78.8 cm³/mol. The van der Waals surface area contributed by atoms with Crippen LogP contribution in [0.1, 0.15) is 11.7 Å². The fourth-order valence-electron chi connectivity index (χ4n) is 2.14. The molecule has 0 aliphatic heterocycles. The molecule has 1 atom stereocenters. The normalized spacial score (nSPS) is 12.7. The number of fused-ring (bicyclic) bond motifs is 1. The Balaban J connectivity index is 1.90. The standard InChI is InChI=1S/C15H13BrN2O/c16-14-4-3-11-7-13(2-1-12(11)8-14)15(19)9-18-6-5-17-10-18/h1-8,10,15,19H,9H2. The molecule has 19 heavy (non-hydrogen) atoms. The van der Waals surface area contributed by atoms with Gasteiger partial charge in [0.05, 0.1) is 19.0 Å². The van der Waals surface area contributed by atoms with E-state index in [0.29, 0.717) is 6.54 Å². The molecule has 2 aromatic carbocycles. The smallest absolute Gasteiger partial charge is 0.0969 e. The minimum absolute atomic E-state index is 0.516. The summed E-state index contributed by atoms with van der Waals surface area (Å²) in [7, 11) is 0. The first-order valence-electron chi connectivity index (χ1n) is 6.05. The molecule has 1 aromatic heterocycles. The molecule has 3 aromatic rings. The fraction of sp³-hybridized carbons (Fsp3) is 0.133. The van der Waals surface area contributed by atoms with Gasteiger partial charge in [-0.1, -0.05) is 34.1 Å². The second kappa shape index (κ2) is 5.15. The first-order valence-corrected chi connectivity index (χ1v) is 6.85. The summed E-state index contributed by atoms with van der Waals surface area (Å²) in [6.45, 7) is 0.516. The van der Waals surface area contributed by atoms with Gasteiger partial charge in [0.15, 0.2) is 0 Å². The van der Waals surface area contributed by atoms with Crippen LogP contribution in [0.5, 0.6) is 0 Å². The van der Waals surface area contributed by atoms with Crippen molar-refractivity contribution in [2.75, 3.05) is 0 Å². The summed E-state index contributed by atoms with van der Waals surface area (Å²) in [5, 5.41) is 12.5. The number of hydrogen-bond acceptors (Lipinski definition) is 2. The third-order valence-corrected chi connectivity index (χ3v) is 3.65. The van der Waals surface area contributed by atoms with E-state index < -0.39 is 6.10 Å². The molecule has 1 unspecified atom stereocenters. The number of imidazole rings is 1. The third kappa shape index (κ3) is 2.69. The van der Waals surface area contributed by atoms with E-state index in [1.807, 2.05) is 41.1 Å². The van der Waals surface area contributed by atoms with Crippen LogP contribution in [0.4, 0.5) is 0 Å². The maximum absolute atomic E-state index is 10.2. The molecule has 0 amide bonds. The SMILES string of the molecule is OC(Cn1ccnc1)c1ccc2cc(Br)ccc2c1. The molecule has 0 aliphatic rings. The lowest BCUT2D eigenvalue weighted by molar-refractivity contribution is 0.156. The Kier molecular flexibility index (Phi) is 3.36. The maximum Gasteiger partial charge on any atom is 0.0969 e. The quantitative estimate of drug-likeness (QED) is 0.802. The van der Waals surface area contributed by atoms with Crippen molar-refractivity contribution >= 4 is 26.7 Å². The molecule has 0 bridgehead atoms. The van der Waals surface area contributed by atoms with Crippen LogP contribution in [0.25, 0.3) is 10.8 Å². The predicted octanol–water partition coefficient (Wildman–Crippen LogP) is 3.53. The molecule has 3 rings (SSSR count). The van der Waals surface area contributed by atoms with Crippen LogP contribution < -0.4 is 0 Å². The van der Waals surface area contributed by atoms with Gasteiger partial charge in [-0.15, -0.1) is 0 Å². The largest absolute Gasteiger partial charge is 0.387 e. The van der Waals surface area contributed by atoms with Crippen LogP contribution in [0.2, 0.25) is 0 Å². The average molecular weight is 317 g/mol. The van der Waals surface area contributed by atoms with Crippen LogP contribution in [-0.2, 0) is 6.54 Å². The average Bonchev–Trinajstić information content (AvgIpc) is 2.91. The van der Waals surface area contributed by atoms with Crippen LogP contribution >= 0.6 is 15.9 Å². The highest BCUT2D eigenvalue weighted by molar-refractivity contribution is 9.10. The number of benzene rings is 2. The summed E-state index contributed by atoms with van der Waals surface area (Å²) in [6.07, 6.45) is 4.75. The summed E-state index contributed by atoms with van der Waals surface area (Å²) in [6, 6.07) is 12.2. The van der Waals surface area contributed by atoms with Gasteiger partial charge in [-0.3, -0.25) is 0 Å². The number of halogens is 1. The van der Waals surface area contributed by atoms with E-state index in [1.165, 1.54) is 0 Å². The molecule has 0 radical (unpaired) electrons. The van der Waals surface area contributed by atoms with Crippen molar-refractivity contribution in [1.29, 1.82) is 0 Å². The highest BCUT2D eigenvalue weighted by Gasteiger charge is 2.08. The zero-order valence-electron chi connectivity index (χ0n) is 10.2. The molecule has 0 spiro atoms. The Morgan fingerprint density at radius 3 is 2.74 bits per heavy atom. The Morgan fingerprint density at radius 2 is 1.95 bits per heavy atom. The van der Waals surface area contributed by atoms with Crippen molar-refractivity contribution < 1.29 is 5.11 Å². The van der Waals surface area contributed by atoms with Crippen molar-refractivity contribution in [2.24, 2.45) is 0 Å². The van der Waals surface area contributed by atoms with E-state index in [9.17, 15) is 5.11 Å². The number of hydrogen-bond donors (Lipinski definition) is 1. The molecule has 0 aliphatic carbocycles. The molecular weight excluding hydrogens is 304 g/mol. The molecule has 0 fully saturated rings. The van der Waals surface area contributed by atoms with Crippen LogP contribution in [-0.4, -0.2) is 14.7 Å². The van der Waals surface area contributed by atoms with E-state index in [2.05, 4.69) is 27.0 Å². The van der Waals surface area contributed by atoms with Crippen molar-refractivity contribution in [3.05, 3.63) is 65.2 Å². The van der Waals surface area contributed by atoms with Crippen molar-refractivity contribution in [3.63, 3.8) is 0 Å². The number of nitrogens with zero attached hydrogens (tertiary/aromatic N) is 2. The fourth-order valence-corrected chi connectivity index (χ4v) is 2.52. The Bertz CT molecular complexity index is 694. The van der Waals surface area contributed by atoms with E-state index in [0.717, 1.165) is 20.8 Å². The lowest BCUT2D eigenvalue weighted by Crippen LogP contribution is -2.06. The highest BCUT2D eigenvalue weighted by atomic mass is 79.9. The van der Waals surface area contributed by atoms with Crippen molar-refractivity contribution in [3.8, 4) is 0 Å². The highest BCUT2D eigenvalue weighted by Crippen LogP contribution is 2.24. The van der Waals surface area contributed by atoms with Crippen LogP contribution in [0.3, 0.4) is 0 Å². The molecular formula is C15H13BrN2O. The monoisotopic (exact) mass is 316 g/mol. The van der Waals surface area contributed by atoms with Gasteiger partial charge < -0.3 is 9.67 Å². The van der Waals surface area contributed by atoms with Gasteiger partial charge in [0.2, 0.25) is 0 Å². The lowest BCUT2D eigenvalue weighted by Gasteiger charge is -2.12. The molecule has 0 saturated carbocycles. The topological polar surface area (TPSA) is 38.0 Å². The van der Waals surface area contributed by atoms with E-state index in [1.54, 1.807) is 12.5 Å². The van der Waals surface area contributed by atoms with Crippen molar-refractivity contribution in [2.45, 2.75) is 12.6 Å². The molecule has 4 heteroatoms. The second-order valence-corrected chi connectivity index (χ2v) is 5.44. The number of rotatable bonds is 3. The first-order chi connectivity index (χ1) is 9.22.